The fourth-order valence-electron chi connectivity index (χ4n) is 2.96. The highest BCUT2D eigenvalue weighted by molar-refractivity contribution is 7.15. The van der Waals surface area contributed by atoms with E-state index in [1.54, 1.807) is 12.1 Å². The molecular formula is C24H21ClN2O3S. The zero-order valence-electron chi connectivity index (χ0n) is 17.1. The highest BCUT2D eigenvalue weighted by Crippen LogP contribution is 2.26. The van der Waals surface area contributed by atoms with Gasteiger partial charge >= 0.3 is 0 Å². The van der Waals surface area contributed by atoms with Gasteiger partial charge in [-0.1, -0.05) is 41.4 Å². The molecule has 2 heterocycles. The van der Waals surface area contributed by atoms with E-state index in [1.165, 1.54) is 11.3 Å². The minimum Gasteiger partial charge on any atom is -0.486 e. The maximum atomic E-state index is 12.6. The second-order valence-electron chi connectivity index (χ2n) is 7.15. The molecule has 0 unspecified atom stereocenters. The maximum absolute atomic E-state index is 12.6. The molecule has 0 bridgehead atoms. The molecule has 0 aliphatic carbocycles. The number of benzene rings is 2. The van der Waals surface area contributed by atoms with Gasteiger partial charge in [-0.25, -0.2) is 4.98 Å². The van der Waals surface area contributed by atoms with Crippen molar-refractivity contribution in [2.24, 2.45) is 0 Å². The van der Waals surface area contributed by atoms with Gasteiger partial charge in [-0.05, 0) is 55.8 Å². The van der Waals surface area contributed by atoms with Crippen LogP contribution in [-0.2, 0) is 13.0 Å². The molecule has 4 rings (SSSR count). The van der Waals surface area contributed by atoms with E-state index in [4.69, 9.17) is 20.8 Å². The Bertz CT molecular complexity index is 1180. The van der Waals surface area contributed by atoms with E-state index in [0.29, 0.717) is 15.9 Å². The van der Waals surface area contributed by atoms with Crippen LogP contribution in [0.5, 0.6) is 5.75 Å². The molecule has 4 aromatic rings. The molecule has 0 spiro atoms. The van der Waals surface area contributed by atoms with Crippen molar-refractivity contribution in [3.8, 4) is 5.75 Å². The first-order valence-electron chi connectivity index (χ1n) is 9.76. The van der Waals surface area contributed by atoms with Gasteiger partial charge in [-0.15, -0.1) is 11.3 Å². The van der Waals surface area contributed by atoms with Crippen LogP contribution in [0, 0.1) is 13.8 Å². The Morgan fingerprint density at radius 2 is 1.81 bits per heavy atom. The van der Waals surface area contributed by atoms with Crippen LogP contribution in [0.2, 0.25) is 5.02 Å². The number of ether oxygens (including phenoxy) is 1. The Kier molecular flexibility index (Phi) is 6.39. The lowest BCUT2D eigenvalue weighted by molar-refractivity contribution is 0.0992. The van der Waals surface area contributed by atoms with Crippen molar-refractivity contribution in [2.45, 2.75) is 26.9 Å². The lowest BCUT2D eigenvalue weighted by Gasteiger charge is -2.04. The standard InChI is InChI=1S/C24H21ClN2O3S/c1-15-3-9-19(10-4-15)29-14-20-11-12-21(30-20)23(28)27-24-26-16(2)22(31-24)13-17-5-7-18(25)8-6-17/h3-12H,13-14H2,1-2H3,(H,26,27,28). The van der Waals surface area contributed by atoms with Crippen molar-refractivity contribution in [3.63, 3.8) is 0 Å². The number of hydrogen-bond acceptors (Lipinski definition) is 5. The molecule has 0 aliphatic rings. The van der Waals surface area contributed by atoms with Crippen LogP contribution in [-0.4, -0.2) is 10.9 Å². The average Bonchev–Trinajstić information content (AvgIpc) is 3.36. The third-order valence-electron chi connectivity index (χ3n) is 4.68. The molecular weight excluding hydrogens is 432 g/mol. The molecule has 0 aliphatic heterocycles. The molecule has 5 nitrogen and oxygen atoms in total. The number of rotatable bonds is 7. The molecule has 2 aromatic heterocycles. The van der Waals surface area contributed by atoms with Gasteiger partial charge in [-0.2, -0.15) is 0 Å². The normalized spacial score (nSPS) is 10.8. The van der Waals surface area contributed by atoms with Crippen molar-refractivity contribution in [2.75, 3.05) is 5.32 Å². The molecule has 1 amide bonds. The summed E-state index contributed by atoms with van der Waals surface area (Å²) in [7, 11) is 0. The van der Waals surface area contributed by atoms with Crippen molar-refractivity contribution in [1.29, 1.82) is 0 Å². The Balaban J connectivity index is 1.36. The van der Waals surface area contributed by atoms with E-state index < -0.39 is 0 Å². The van der Waals surface area contributed by atoms with Gasteiger partial charge < -0.3 is 9.15 Å². The number of carbonyl (C=O) groups excluding carboxylic acids is 1. The number of hydrogen-bond donors (Lipinski definition) is 1. The summed E-state index contributed by atoms with van der Waals surface area (Å²) in [4.78, 5) is 18.1. The van der Waals surface area contributed by atoms with E-state index >= 15 is 0 Å². The molecule has 1 N–H and O–H groups in total. The molecule has 7 heteroatoms. The van der Waals surface area contributed by atoms with E-state index in [2.05, 4.69) is 10.3 Å². The summed E-state index contributed by atoms with van der Waals surface area (Å²) in [6.45, 7) is 4.20. The summed E-state index contributed by atoms with van der Waals surface area (Å²) in [5, 5.41) is 4.07. The first-order chi connectivity index (χ1) is 15.0. The zero-order valence-corrected chi connectivity index (χ0v) is 18.7. The highest BCUT2D eigenvalue weighted by Gasteiger charge is 2.15. The Labute approximate surface area is 189 Å². The fourth-order valence-corrected chi connectivity index (χ4v) is 4.08. The largest absolute Gasteiger partial charge is 0.486 e. The van der Waals surface area contributed by atoms with Gasteiger partial charge in [0.1, 0.15) is 18.1 Å². The van der Waals surface area contributed by atoms with Crippen molar-refractivity contribution in [1.82, 2.24) is 4.98 Å². The summed E-state index contributed by atoms with van der Waals surface area (Å²) in [5.74, 6) is 1.20. The Morgan fingerprint density at radius 1 is 1.06 bits per heavy atom. The number of carbonyl (C=O) groups is 1. The molecule has 2 aromatic carbocycles. The predicted octanol–water partition coefficient (Wildman–Crippen LogP) is 6.43. The fraction of sp³-hybridized carbons (Fsp3) is 0.167. The molecule has 0 saturated heterocycles. The quantitative estimate of drug-likeness (QED) is 0.351. The van der Waals surface area contributed by atoms with Crippen LogP contribution in [0.3, 0.4) is 0 Å². The van der Waals surface area contributed by atoms with E-state index in [0.717, 1.165) is 33.9 Å². The highest BCUT2D eigenvalue weighted by atomic mass is 35.5. The number of thiazole rings is 1. The van der Waals surface area contributed by atoms with Crippen LogP contribution >= 0.6 is 22.9 Å². The summed E-state index contributed by atoms with van der Waals surface area (Å²) in [6, 6.07) is 18.9. The Morgan fingerprint density at radius 3 is 2.55 bits per heavy atom. The average molecular weight is 453 g/mol. The van der Waals surface area contributed by atoms with Gasteiger partial charge in [-0.3, -0.25) is 10.1 Å². The smallest absolute Gasteiger partial charge is 0.293 e. The monoisotopic (exact) mass is 452 g/mol. The number of amides is 1. The second kappa shape index (κ2) is 9.37. The van der Waals surface area contributed by atoms with Crippen molar-refractivity contribution >= 4 is 34.0 Å². The van der Waals surface area contributed by atoms with Gasteiger partial charge in [0.25, 0.3) is 5.91 Å². The number of furan rings is 1. The van der Waals surface area contributed by atoms with Crippen LogP contribution in [0.1, 0.15) is 38.0 Å². The summed E-state index contributed by atoms with van der Waals surface area (Å²) < 4.78 is 11.3. The van der Waals surface area contributed by atoms with E-state index in [9.17, 15) is 4.79 Å². The lowest BCUT2D eigenvalue weighted by atomic mass is 10.1. The molecule has 158 valence electrons. The summed E-state index contributed by atoms with van der Waals surface area (Å²) in [6.07, 6.45) is 0.734. The molecule has 0 atom stereocenters. The maximum Gasteiger partial charge on any atom is 0.293 e. The number of aromatic nitrogens is 1. The topological polar surface area (TPSA) is 64.4 Å². The van der Waals surface area contributed by atoms with Crippen molar-refractivity contribution in [3.05, 3.63) is 98.9 Å². The van der Waals surface area contributed by atoms with Crippen LogP contribution < -0.4 is 10.1 Å². The molecule has 0 radical (unpaired) electrons. The van der Waals surface area contributed by atoms with Gasteiger partial charge in [0, 0.05) is 16.3 Å². The summed E-state index contributed by atoms with van der Waals surface area (Å²) >= 11 is 7.40. The number of nitrogens with zero attached hydrogens (tertiary/aromatic N) is 1. The molecule has 0 fully saturated rings. The third kappa shape index (κ3) is 5.54. The SMILES string of the molecule is Cc1ccc(OCc2ccc(C(=O)Nc3nc(C)c(Cc4ccc(Cl)cc4)s3)o2)cc1. The number of anilines is 1. The number of nitrogens with one attached hydrogen (secondary N) is 1. The van der Waals surface area contributed by atoms with Crippen molar-refractivity contribution < 1.29 is 13.9 Å². The first kappa shape index (κ1) is 21.2. The molecule has 0 saturated carbocycles. The Hall–Kier alpha value is -3.09. The number of halogens is 1. The zero-order chi connectivity index (χ0) is 21.8. The van der Waals surface area contributed by atoms with Gasteiger partial charge in [0.2, 0.25) is 0 Å². The minimum atomic E-state index is -0.339. The predicted molar refractivity (Wildman–Crippen MR) is 123 cm³/mol. The second-order valence-corrected chi connectivity index (χ2v) is 8.67. The summed E-state index contributed by atoms with van der Waals surface area (Å²) in [5.41, 5.74) is 3.19. The number of aryl methyl sites for hydroxylation is 2. The van der Waals surface area contributed by atoms with Crippen LogP contribution in [0.15, 0.2) is 65.1 Å². The van der Waals surface area contributed by atoms with E-state index in [-0.39, 0.29) is 18.3 Å². The third-order valence-corrected chi connectivity index (χ3v) is 6.00. The lowest BCUT2D eigenvalue weighted by Crippen LogP contribution is -2.10. The molecule has 31 heavy (non-hydrogen) atoms. The minimum absolute atomic E-state index is 0.217. The van der Waals surface area contributed by atoms with Crippen LogP contribution in [0.4, 0.5) is 5.13 Å². The van der Waals surface area contributed by atoms with Crippen LogP contribution in [0.25, 0.3) is 0 Å². The van der Waals surface area contributed by atoms with Gasteiger partial charge in [0.15, 0.2) is 10.9 Å². The first-order valence-corrected chi connectivity index (χ1v) is 11.0. The van der Waals surface area contributed by atoms with Gasteiger partial charge in [0.05, 0.1) is 5.69 Å². The van der Waals surface area contributed by atoms with E-state index in [1.807, 2.05) is 62.4 Å².